The van der Waals surface area contributed by atoms with Gasteiger partial charge in [-0.1, -0.05) is 12.1 Å². The number of benzene rings is 1. The van der Waals surface area contributed by atoms with Crippen LogP contribution in [-0.4, -0.2) is 59.1 Å². The van der Waals surface area contributed by atoms with Gasteiger partial charge < -0.3 is 5.73 Å². The number of nitrogens with one attached hydrogen (secondary N) is 1. The molecule has 1 aliphatic carbocycles. The molecule has 1 aromatic rings. The van der Waals surface area contributed by atoms with E-state index in [1.807, 2.05) is 13.1 Å². The molecule has 3 aliphatic rings. The predicted molar refractivity (Wildman–Crippen MR) is 100 cm³/mol. The Balaban J connectivity index is 1.61. The van der Waals surface area contributed by atoms with Crippen molar-refractivity contribution < 1.29 is 19.2 Å². The van der Waals surface area contributed by atoms with Crippen molar-refractivity contribution in [3.63, 3.8) is 0 Å². The fraction of sp³-hybridized carbons (Fsp3) is 0.500. The largest absolute Gasteiger partial charge is 0.329 e. The van der Waals surface area contributed by atoms with Gasteiger partial charge >= 0.3 is 0 Å². The van der Waals surface area contributed by atoms with Crippen molar-refractivity contribution >= 4 is 23.6 Å². The number of carbonyl (C=O) groups is 4. The summed E-state index contributed by atoms with van der Waals surface area (Å²) in [5.41, 5.74) is 7.36. The maximum atomic E-state index is 13.1. The predicted octanol–water partition coefficient (Wildman–Crippen LogP) is 0.257. The Morgan fingerprint density at radius 1 is 1.18 bits per heavy atom. The first-order valence-corrected chi connectivity index (χ1v) is 9.66. The molecule has 3 N–H and O–H groups in total. The monoisotopic (exact) mass is 384 g/mol. The fourth-order valence-electron chi connectivity index (χ4n) is 4.32. The van der Waals surface area contributed by atoms with Crippen molar-refractivity contribution in [1.82, 2.24) is 15.1 Å². The molecule has 2 atom stereocenters. The Bertz CT molecular complexity index is 864. The summed E-state index contributed by atoms with van der Waals surface area (Å²) in [4.78, 5) is 52.8. The number of fused-ring (bicyclic) bond motifs is 1. The lowest BCUT2D eigenvalue weighted by Crippen LogP contribution is -2.54. The minimum absolute atomic E-state index is 0.110. The van der Waals surface area contributed by atoms with E-state index in [2.05, 4.69) is 10.2 Å². The van der Waals surface area contributed by atoms with E-state index in [-0.39, 0.29) is 24.8 Å². The lowest BCUT2D eigenvalue weighted by atomic mass is 10.0. The molecule has 2 fully saturated rings. The van der Waals surface area contributed by atoms with Gasteiger partial charge in [0.2, 0.25) is 11.8 Å². The molecule has 0 radical (unpaired) electrons. The molecule has 8 nitrogen and oxygen atoms in total. The van der Waals surface area contributed by atoms with Gasteiger partial charge in [0.1, 0.15) is 6.04 Å². The summed E-state index contributed by atoms with van der Waals surface area (Å²) >= 11 is 0. The van der Waals surface area contributed by atoms with Gasteiger partial charge in [0, 0.05) is 25.6 Å². The van der Waals surface area contributed by atoms with E-state index in [9.17, 15) is 19.2 Å². The first kappa shape index (κ1) is 18.8. The minimum atomic E-state index is -0.945. The van der Waals surface area contributed by atoms with E-state index in [0.717, 1.165) is 10.5 Å². The van der Waals surface area contributed by atoms with Crippen molar-refractivity contribution in [2.24, 2.45) is 11.7 Å². The molecule has 4 rings (SSSR count). The quantitative estimate of drug-likeness (QED) is 0.680. The summed E-state index contributed by atoms with van der Waals surface area (Å²) in [7, 11) is 1.98. The molecule has 1 saturated carbocycles. The second-order valence-electron chi connectivity index (χ2n) is 7.84. The van der Waals surface area contributed by atoms with Gasteiger partial charge in [-0.25, -0.2) is 0 Å². The molecule has 1 saturated heterocycles. The van der Waals surface area contributed by atoms with Crippen LogP contribution in [0.1, 0.15) is 52.0 Å². The maximum Gasteiger partial charge on any atom is 0.262 e. The smallest absolute Gasteiger partial charge is 0.262 e. The lowest BCUT2D eigenvalue weighted by molar-refractivity contribution is -0.136. The first-order chi connectivity index (χ1) is 13.4. The summed E-state index contributed by atoms with van der Waals surface area (Å²) in [5.74, 6) is -1.33. The molecule has 148 valence electrons. The Morgan fingerprint density at radius 2 is 1.93 bits per heavy atom. The van der Waals surface area contributed by atoms with Gasteiger partial charge in [-0.05, 0) is 43.9 Å². The molecule has 1 aromatic carbocycles. The topological polar surface area (TPSA) is 113 Å². The van der Waals surface area contributed by atoms with E-state index in [0.29, 0.717) is 30.1 Å². The molecule has 28 heavy (non-hydrogen) atoms. The number of nitrogens with two attached hydrogens (primary N) is 1. The highest BCUT2D eigenvalue weighted by atomic mass is 16.2. The Labute approximate surface area is 163 Å². The van der Waals surface area contributed by atoms with Crippen LogP contribution in [-0.2, 0) is 16.1 Å². The number of hydrogen-bond acceptors (Lipinski definition) is 6. The van der Waals surface area contributed by atoms with E-state index in [1.54, 1.807) is 12.1 Å². The Morgan fingerprint density at radius 3 is 2.57 bits per heavy atom. The van der Waals surface area contributed by atoms with E-state index >= 15 is 0 Å². The summed E-state index contributed by atoms with van der Waals surface area (Å²) in [6.45, 7) is 1.05. The zero-order valence-corrected chi connectivity index (χ0v) is 15.8. The lowest BCUT2D eigenvalue weighted by Gasteiger charge is -2.28. The average molecular weight is 384 g/mol. The van der Waals surface area contributed by atoms with Crippen LogP contribution in [0.5, 0.6) is 0 Å². The average Bonchev–Trinajstić information content (AvgIpc) is 3.45. The van der Waals surface area contributed by atoms with Gasteiger partial charge in [0.05, 0.1) is 11.1 Å². The summed E-state index contributed by atoms with van der Waals surface area (Å²) < 4.78 is 0. The molecule has 2 unspecified atom stereocenters. The normalized spacial score (nSPS) is 23.2. The molecule has 0 aromatic heterocycles. The fourth-order valence-corrected chi connectivity index (χ4v) is 4.32. The highest BCUT2D eigenvalue weighted by molar-refractivity contribution is 6.24. The highest BCUT2D eigenvalue weighted by Gasteiger charge is 2.45. The number of hydrogen-bond donors (Lipinski definition) is 2. The summed E-state index contributed by atoms with van der Waals surface area (Å²) in [6.07, 6.45) is 2.60. The van der Waals surface area contributed by atoms with Crippen LogP contribution in [0, 0.1) is 5.92 Å². The molecular weight excluding hydrogens is 360 g/mol. The number of amides is 4. The molecule has 2 aliphatic heterocycles. The number of piperidine rings is 1. The van der Waals surface area contributed by atoms with Crippen LogP contribution in [0.25, 0.3) is 0 Å². The van der Waals surface area contributed by atoms with Crippen LogP contribution in [0.15, 0.2) is 18.2 Å². The van der Waals surface area contributed by atoms with Crippen LogP contribution in [0.3, 0.4) is 0 Å². The standard InChI is InChI=1S/C20H24N4O4/c1-23(15(9-21)11-5-6-11)10-12-3-2-4-13-17(12)20(28)24(19(13)27)14-7-8-16(25)22-18(14)26/h2-4,11,14-15H,5-10,21H2,1H3,(H,22,25,26). The zero-order chi connectivity index (χ0) is 20.0. The van der Waals surface area contributed by atoms with Crippen LogP contribution >= 0.6 is 0 Å². The van der Waals surface area contributed by atoms with Gasteiger partial charge in [0.15, 0.2) is 0 Å². The number of nitrogens with zero attached hydrogens (tertiary/aromatic N) is 2. The van der Waals surface area contributed by atoms with Crippen molar-refractivity contribution in [3.8, 4) is 0 Å². The van der Waals surface area contributed by atoms with Gasteiger partial charge in [0.25, 0.3) is 11.8 Å². The molecule has 0 bridgehead atoms. The van der Waals surface area contributed by atoms with Crippen molar-refractivity contribution in [3.05, 3.63) is 34.9 Å². The number of imide groups is 2. The van der Waals surface area contributed by atoms with Crippen LogP contribution in [0.4, 0.5) is 0 Å². The summed E-state index contributed by atoms with van der Waals surface area (Å²) in [5, 5.41) is 2.22. The second-order valence-corrected chi connectivity index (χ2v) is 7.84. The zero-order valence-electron chi connectivity index (χ0n) is 15.8. The third-order valence-corrected chi connectivity index (χ3v) is 5.95. The summed E-state index contributed by atoms with van der Waals surface area (Å²) in [6, 6.07) is 4.52. The second kappa shape index (κ2) is 7.10. The van der Waals surface area contributed by atoms with Gasteiger partial charge in [-0.2, -0.15) is 0 Å². The van der Waals surface area contributed by atoms with E-state index in [1.165, 1.54) is 12.8 Å². The van der Waals surface area contributed by atoms with Gasteiger partial charge in [-0.3, -0.25) is 34.3 Å². The van der Waals surface area contributed by atoms with Crippen molar-refractivity contribution in [1.29, 1.82) is 0 Å². The molecular formula is C20H24N4O4. The minimum Gasteiger partial charge on any atom is -0.329 e. The first-order valence-electron chi connectivity index (χ1n) is 9.66. The van der Waals surface area contributed by atoms with Crippen molar-refractivity contribution in [2.45, 2.75) is 44.3 Å². The van der Waals surface area contributed by atoms with Gasteiger partial charge in [-0.15, -0.1) is 0 Å². The molecule has 2 heterocycles. The van der Waals surface area contributed by atoms with Crippen molar-refractivity contribution in [2.75, 3.05) is 13.6 Å². The number of carbonyl (C=O) groups excluding carboxylic acids is 4. The molecule has 0 spiro atoms. The number of likely N-dealkylation sites (N-methyl/N-ethyl adjacent to an activating group) is 1. The van der Waals surface area contributed by atoms with Crippen LogP contribution < -0.4 is 11.1 Å². The van der Waals surface area contributed by atoms with E-state index in [4.69, 9.17) is 5.73 Å². The maximum absolute atomic E-state index is 13.1. The van der Waals surface area contributed by atoms with Crippen LogP contribution in [0.2, 0.25) is 0 Å². The Hall–Kier alpha value is -2.58. The molecule has 4 amide bonds. The molecule has 8 heteroatoms. The highest BCUT2D eigenvalue weighted by Crippen LogP contribution is 2.36. The Kier molecular flexibility index (Phi) is 4.76. The van der Waals surface area contributed by atoms with E-state index < -0.39 is 23.8 Å². The third-order valence-electron chi connectivity index (χ3n) is 5.95. The third kappa shape index (κ3) is 3.12. The number of rotatable bonds is 6. The SMILES string of the molecule is CN(Cc1cccc2c1C(=O)N(C1CCC(=O)NC1=O)C2=O)C(CN)C1CC1.